The summed E-state index contributed by atoms with van der Waals surface area (Å²) in [5, 5.41) is 0. The molecule has 0 aromatic heterocycles. The summed E-state index contributed by atoms with van der Waals surface area (Å²) in [6.45, 7) is 0.677. The summed E-state index contributed by atoms with van der Waals surface area (Å²) in [7, 11) is -3.04. The minimum absolute atomic E-state index is 0.150. The molecule has 0 bridgehead atoms. The lowest BCUT2D eigenvalue weighted by molar-refractivity contribution is 0.389. The molecule has 1 saturated heterocycles. The van der Waals surface area contributed by atoms with Gasteiger partial charge in [-0.05, 0) is 24.8 Å². The Labute approximate surface area is 97.1 Å². The van der Waals surface area contributed by atoms with Crippen LogP contribution >= 0.6 is 0 Å². The molecule has 1 fully saturated rings. The van der Waals surface area contributed by atoms with Gasteiger partial charge >= 0.3 is 0 Å². The first-order chi connectivity index (χ1) is 7.57. The lowest BCUT2D eigenvalue weighted by Crippen LogP contribution is -2.35. The number of nitrogens with zero attached hydrogens (tertiary/aromatic N) is 1. The van der Waals surface area contributed by atoms with Crippen molar-refractivity contribution >= 4 is 10.0 Å². The first-order valence-corrected chi connectivity index (χ1v) is 7.43. The predicted molar refractivity (Wildman–Crippen MR) is 64.7 cm³/mol. The van der Waals surface area contributed by atoms with E-state index >= 15 is 0 Å². The van der Waals surface area contributed by atoms with Crippen molar-refractivity contribution in [3.05, 3.63) is 35.9 Å². The number of hydrogen-bond acceptors (Lipinski definition) is 2. The molecular weight excluding hydrogens is 222 g/mol. The zero-order valence-corrected chi connectivity index (χ0v) is 10.3. The summed E-state index contributed by atoms with van der Waals surface area (Å²) >= 11 is 0. The van der Waals surface area contributed by atoms with Crippen molar-refractivity contribution in [2.24, 2.45) is 0 Å². The summed E-state index contributed by atoms with van der Waals surface area (Å²) in [6, 6.07) is 10.2. The molecule has 0 saturated carbocycles. The predicted octanol–water partition coefficient (Wildman–Crippen LogP) is 1.65. The Kier molecular flexibility index (Phi) is 3.30. The Morgan fingerprint density at radius 3 is 2.62 bits per heavy atom. The van der Waals surface area contributed by atoms with Gasteiger partial charge in [0.1, 0.15) is 0 Å². The van der Waals surface area contributed by atoms with Crippen molar-refractivity contribution in [3.8, 4) is 0 Å². The Morgan fingerprint density at radius 2 is 2.00 bits per heavy atom. The first kappa shape index (κ1) is 11.6. The minimum Gasteiger partial charge on any atom is -0.212 e. The van der Waals surface area contributed by atoms with E-state index in [9.17, 15) is 8.42 Å². The SMILES string of the molecule is CS(=O)(=O)N1CCCC1Cc1ccccc1. The third-order valence-corrected chi connectivity index (χ3v) is 4.40. The van der Waals surface area contributed by atoms with Crippen molar-refractivity contribution in [2.45, 2.75) is 25.3 Å². The van der Waals surface area contributed by atoms with Crippen LogP contribution in [0, 0.1) is 0 Å². The molecule has 0 spiro atoms. The van der Waals surface area contributed by atoms with E-state index in [-0.39, 0.29) is 6.04 Å². The van der Waals surface area contributed by atoms with Crippen molar-refractivity contribution in [2.75, 3.05) is 12.8 Å². The van der Waals surface area contributed by atoms with Gasteiger partial charge in [0, 0.05) is 12.6 Å². The average Bonchev–Trinajstić information content (AvgIpc) is 2.67. The fourth-order valence-corrected chi connectivity index (χ4v) is 3.52. The van der Waals surface area contributed by atoms with E-state index in [0.29, 0.717) is 6.54 Å². The lowest BCUT2D eigenvalue weighted by Gasteiger charge is -2.22. The van der Waals surface area contributed by atoms with Crippen LogP contribution in [0.2, 0.25) is 0 Å². The standard InChI is InChI=1S/C12H17NO2S/c1-16(14,15)13-9-5-8-12(13)10-11-6-3-2-4-7-11/h2-4,6-7,12H,5,8-10H2,1H3. The topological polar surface area (TPSA) is 37.4 Å². The van der Waals surface area contributed by atoms with Gasteiger partial charge in [-0.25, -0.2) is 8.42 Å². The van der Waals surface area contributed by atoms with E-state index in [4.69, 9.17) is 0 Å². The first-order valence-electron chi connectivity index (χ1n) is 5.58. The number of sulfonamides is 1. The molecule has 0 aliphatic carbocycles. The summed E-state index contributed by atoms with van der Waals surface area (Å²) in [4.78, 5) is 0. The van der Waals surface area contributed by atoms with Crippen molar-refractivity contribution < 1.29 is 8.42 Å². The molecule has 1 aliphatic rings. The highest BCUT2D eigenvalue weighted by Crippen LogP contribution is 2.23. The Balaban J connectivity index is 2.11. The molecule has 1 aliphatic heterocycles. The van der Waals surface area contributed by atoms with Crippen molar-refractivity contribution in [1.82, 2.24) is 4.31 Å². The second kappa shape index (κ2) is 4.55. The molecule has 0 amide bonds. The molecule has 0 N–H and O–H groups in total. The van der Waals surface area contributed by atoms with E-state index in [1.165, 1.54) is 11.8 Å². The number of rotatable bonds is 3. The average molecular weight is 239 g/mol. The van der Waals surface area contributed by atoms with Gasteiger partial charge in [-0.1, -0.05) is 30.3 Å². The van der Waals surface area contributed by atoms with Crippen LogP contribution < -0.4 is 0 Å². The van der Waals surface area contributed by atoms with Gasteiger partial charge in [-0.15, -0.1) is 0 Å². The van der Waals surface area contributed by atoms with Gasteiger partial charge in [0.05, 0.1) is 6.26 Å². The minimum atomic E-state index is -3.04. The molecule has 4 heteroatoms. The Hall–Kier alpha value is -0.870. The van der Waals surface area contributed by atoms with Gasteiger partial charge < -0.3 is 0 Å². The zero-order chi connectivity index (χ0) is 11.6. The van der Waals surface area contributed by atoms with Gasteiger partial charge in [0.15, 0.2) is 0 Å². The summed E-state index contributed by atoms with van der Waals surface area (Å²) in [5.41, 5.74) is 1.21. The van der Waals surface area contributed by atoms with Crippen LogP contribution in [0.25, 0.3) is 0 Å². The normalized spacial score (nSPS) is 22.4. The molecular formula is C12H17NO2S. The maximum Gasteiger partial charge on any atom is 0.211 e. The molecule has 16 heavy (non-hydrogen) atoms. The largest absolute Gasteiger partial charge is 0.212 e. The Morgan fingerprint density at radius 1 is 1.31 bits per heavy atom. The van der Waals surface area contributed by atoms with Crippen LogP contribution in [-0.2, 0) is 16.4 Å². The second-order valence-corrected chi connectivity index (χ2v) is 6.29. The summed E-state index contributed by atoms with van der Waals surface area (Å²) in [5.74, 6) is 0. The highest BCUT2D eigenvalue weighted by molar-refractivity contribution is 7.88. The maximum atomic E-state index is 11.6. The molecule has 0 radical (unpaired) electrons. The van der Waals surface area contributed by atoms with E-state index in [0.717, 1.165) is 19.3 Å². The molecule has 2 rings (SSSR count). The van der Waals surface area contributed by atoms with Crippen LogP contribution in [0.15, 0.2) is 30.3 Å². The van der Waals surface area contributed by atoms with E-state index in [1.54, 1.807) is 4.31 Å². The van der Waals surface area contributed by atoms with Crippen LogP contribution in [0.5, 0.6) is 0 Å². The monoisotopic (exact) mass is 239 g/mol. The molecule has 1 unspecified atom stereocenters. The van der Waals surface area contributed by atoms with Gasteiger partial charge in [0.2, 0.25) is 10.0 Å². The molecule has 1 aromatic carbocycles. The van der Waals surface area contributed by atoms with Gasteiger partial charge in [0.25, 0.3) is 0 Å². The highest BCUT2D eigenvalue weighted by atomic mass is 32.2. The molecule has 1 heterocycles. The fraction of sp³-hybridized carbons (Fsp3) is 0.500. The van der Waals surface area contributed by atoms with Gasteiger partial charge in [-0.2, -0.15) is 4.31 Å². The highest BCUT2D eigenvalue weighted by Gasteiger charge is 2.31. The third-order valence-electron chi connectivity index (χ3n) is 3.06. The summed E-state index contributed by atoms with van der Waals surface area (Å²) < 4.78 is 24.8. The number of benzene rings is 1. The van der Waals surface area contributed by atoms with E-state index < -0.39 is 10.0 Å². The van der Waals surface area contributed by atoms with Crippen molar-refractivity contribution in [3.63, 3.8) is 0 Å². The smallest absolute Gasteiger partial charge is 0.211 e. The molecule has 1 aromatic rings. The third kappa shape index (κ3) is 2.62. The van der Waals surface area contributed by atoms with Gasteiger partial charge in [-0.3, -0.25) is 0 Å². The summed E-state index contributed by atoms with van der Waals surface area (Å²) in [6.07, 6.45) is 4.08. The quantitative estimate of drug-likeness (QED) is 0.804. The lowest BCUT2D eigenvalue weighted by atomic mass is 10.1. The van der Waals surface area contributed by atoms with E-state index in [2.05, 4.69) is 12.1 Å². The zero-order valence-electron chi connectivity index (χ0n) is 9.46. The molecule has 3 nitrogen and oxygen atoms in total. The van der Waals surface area contributed by atoms with Crippen molar-refractivity contribution in [1.29, 1.82) is 0 Å². The molecule has 1 atom stereocenters. The maximum absolute atomic E-state index is 11.6. The number of hydrogen-bond donors (Lipinski definition) is 0. The van der Waals surface area contributed by atoms with Crippen LogP contribution in [-0.4, -0.2) is 31.6 Å². The molecule has 88 valence electrons. The Bertz CT molecular complexity index is 441. The van der Waals surface area contributed by atoms with Crippen LogP contribution in [0.4, 0.5) is 0 Å². The second-order valence-electron chi connectivity index (χ2n) is 4.36. The van der Waals surface area contributed by atoms with E-state index in [1.807, 2.05) is 18.2 Å². The van der Waals surface area contributed by atoms with Crippen LogP contribution in [0.3, 0.4) is 0 Å². The fourth-order valence-electron chi connectivity index (χ4n) is 2.34. The van der Waals surface area contributed by atoms with Crippen LogP contribution in [0.1, 0.15) is 18.4 Å².